The third-order valence-electron chi connectivity index (χ3n) is 2.67. The van der Waals surface area contributed by atoms with Crippen molar-refractivity contribution in [3.05, 3.63) is 23.4 Å². The molecule has 0 aromatic carbocycles. The van der Waals surface area contributed by atoms with E-state index >= 15 is 0 Å². The molecule has 0 unspecified atom stereocenters. The van der Waals surface area contributed by atoms with Gasteiger partial charge in [-0.1, -0.05) is 17.7 Å². The Morgan fingerprint density at radius 2 is 2.00 bits per heavy atom. The summed E-state index contributed by atoms with van der Waals surface area (Å²) in [5.41, 5.74) is 5.72. The summed E-state index contributed by atoms with van der Waals surface area (Å²) in [6, 6.07) is 0. The Labute approximate surface area is 104 Å². The zero-order valence-corrected chi connectivity index (χ0v) is 10.6. The Bertz CT molecular complexity index is 363. The van der Waals surface area contributed by atoms with Gasteiger partial charge >= 0.3 is 0 Å². The predicted molar refractivity (Wildman–Crippen MR) is 62.2 cm³/mol. The van der Waals surface area contributed by atoms with E-state index in [1.807, 2.05) is 0 Å². The van der Waals surface area contributed by atoms with Crippen LogP contribution in [0, 0.1) is 0 Å². The average Bonchev–Trinajstić information content (AvgIpc) is 2.41. The Kier molecular flexibility index (Phi) is 3.69. The third-order valence-corrected chi connectivity index (χ3v) is 3.62. The lowest BCUT2D eigenvalue weighted by Crippen LogP contribution is -2.55. The van der Waals surface area contributed by atoms with Crippen molar-refractivity contribution in [1.29, 1.82) is 0 Å². The minimum Gasteiger partial charge on any atom is -0.396 e. The fourth-order valence-electron chi connectivity index (χ4n) is 1.86. The fourth-order valence-corrected chi connectivity index (χ4v) is 2.65. The lowest BCUT2D eigenvalue weighted by molar-refractivity contribution is -0.196. The lowest BCUT2D eigenvalue weighted by atomic mass is 9.94. The topological polar surface area (TPSA) is 61.6 Å². The zero-order chi connectivity index (χ0) is 12.6. The summed E-state index contributed by atoms with van der Waals surface area (Å²) in [5, 5.41) is -0.152. The molecule has 16 heavy (non-hydrogen) atoms. The number of hydrogen-bond donors (Lipinski definition) is 1. The van der Waals surface area contributed by atoms with Crippen molar-refractivity contribution in [2.75, 3.05) is 14.2 Å². The van der Waals surface area contributed by atoms with Crippen molar-refractivity contribution >= 4 is 29.0 Å². The van der Waals surface area contributed by atoms with E-state index in [0.29, 0.717) is 0 Å². The molecule has 0 saturated carbocycles. The van der Waals surface area contributed by atoms with Gasteiger partial charge < -0.3 is 15.2 Å². The van der Waals surface area contributed by atoms with Crippen molar-refractivity contribution in [2.24, 2.45) is 5.73 Å². The maximum Gasteiger partial charge on any atom is 0.238 e. The SMILES string of the molecule is C=CC[C@]1(Cl)C(=O)C(Cl)=C(N)C1(OC)OC. The van der Waals surface area contributed by atoms with Crippen molar-refractivity contribution in [3.8, 4) is 0 Å². The van der Waals surface area contributed by atoms with Gasteiger partial charge in [0, 0.05) is 14.2 Å². The van der Waals surface area contributed by atoms with Crippen molar-refractivity contribution in [3.63, 3.8) is 0 Å². The van der Waals surface area contributed by atoms with Gasteiger partial charge in [0.2, 0.25) is 11.6 Å². The summed E-state index contributed by atoms with van der Waals surface area (Å²) in [4.78, 5) is 10.5. The number of nitrogens with two attached hydrogens (primary N) is 1. The van der Waals surface area contributed by atoms with Crippen molar-refractivity contribution in [1.82, 2.24) is 0 Å². The maximum absolute atomic E-state index is 12.0. The van der Waals surface area contributed by atoms with Crippen LogP contribution in [-0.4, -0.2) is 30.7 Å². The van der Waals surface area contributed by atoms with Crippen LogP contribution < -0.4 is 5.73 Å². The number of hydrogen-bond acceptors (Lipinski definition) is 4. The van der Waals surface area contributed by atoms with E-state index in [9.17, 15) is 4.79 Å². The van der Waals surface area contributed by atoms with Gasteiger partial charge in [0.15, 0.2) is 4.87 Å². The average molecular weight is 266 g/mol. The minimum absolute atomic E-state index is 0.0129. The highest BCUT2D eigenvalue weighted by atomic mass is 35.5. The number of carbonyl (C=O) groups is 1. The molecule has 1 atom stereocenters. The van der Waals surface area contributed by atoms with Crippen LogP contribution in [0.2, 0.25) is 0 Å². The molecule has 2 N–H and O–H groups in total. The van der Waals surface area contributed by atoms with E-state index in [4.69, 9.17) is 38.4 Å². The van der Waals surface area contributed by atoms with Gasteiger partial charge in [-0.25, -0.2) is 0 Å². The number of Topliss-reactive ketones (excluding diaryl/α,β-unsaturated/α-hetero) is 1. The molecule has 0 bridgehead atoms. The normalized spacial score (nSPS) is 28.6. The van der Waals surface area contributed by atoms with Crippen LogP contribution in [0.3, 0.4) is 0 Å². The Morgan fingerprint density at radius 1 is 1.50 bits per heavy atom. The van der Waals surface area contributed by atoms with Crippen LogP contribution in [0.4, 0.5) is 0 Å². The van der Waals surface area contributed by atoms with Gasteiger partial charge in [-0.15, -0.1) is 18.2 Å². The number of methoxy groups -OCH3 is 2. The van der Waals surface area contributed by atoms with Crippen LogP contribution in [0.5, 0.6) is 0 Å². The first kappa shape index (κ1) is 13.5. The van der Waals surface area contributed by atoms with Crippen molar-refractivity contribution in [2.45, 2.75) is 17.1 Å². The van der Waals surface area contributed by atoms with E-state index < -0.39 is 16.4 Å². The second-order valence-electron chi connectivity index (χ2n) is 3.38. The number of carbonyl (C=O) groups excluding carboxylic acids is 1. The molecular formula is C10H13Cl2NO3. The molecule has 0 aromatic heterocycles. The number of ether oxygens (including phenoxy) is 2. The van der Waals surface area contributed by atoms with E-state index in [2.05, 4.69) is 6.58 Å². The Morgan fingerprint density at radius 3 is 2.38 bits per heavy atom. The third kappa shape index (κ3) is 1.41. The van der Waals surface area contributed by atoms with E-state index in [1.165, 1.54) is 20.3 Å². The Hall–Kier alpha value is -0.550. The molecule has 1 aliphatic carbocycles. The van der Waals surface area contributed by atoms with E-state index in [-0.39, 0.29) is 17.2 Å². The molecule has 1 rings (SSSR count). The summed E-state index contributed by atoms with van der Waals surface area (Å²) in [6.45, 7) is 3.54. The van der Waals surface area contributed by atoms with Crippen LogP contribution in [0.25, 0.3) is 0 Å². The highest BCUT2D eigenvalue weighted by Gasteiger charge is 2.64. The number of ketones is 1. The molecule has 1 aliphatic rings. The minimum atomic E-state index is -1.54. The van der Waals surface area contributed by atoms with Crippen LogP contribution in [0.1, 0.15) is 6.42 Å². The summed E-state index contributed by atoms with van der Waals surface area (Å²) < 4.78 is 10.4. The summed E-state index contributed by atoms with van der Waals surface area (Å²) in [5.74, 6) is -2.06. The molecule has 0 fully saturated rings. The second-order valence-corrected chi connectivity index (χ2v) is 4.40. The van der Waals surface area contributed by atoms with Crippen LogP contribution >= 0.6 is 23.2 Å². The number of alkyl halides is 1. The number of allylic oxidation sites excluding steroid dienone is 2. The van der Waals surface area contributed by atoms with Gasteiger partial charge in [-0.05, 0) is 6.42 Å². The van der Waals surface area contributed by atoms with Gasteiger partial charge in [0.05, 0.1) is 5.70 Å². The highest BCUT2D eigenvalue weighted by Crippen LogP contribution is 2.49. The van der Waals surface area contributed by atoms with Gasteiger partial charge in [0.25, 0.3) is 0 Å². The molecule has 90 valence electrons. The zero-order valence-electron chi connectivity index (χ0n) is 9.05. The number of halogens is 2. The standard InChI is InChI=1S/C10H13Cl2NO3/c1-4-5-9(12)8(14)6(11)7(13)10(9,15-2)16-3/h4H,1,5,13H2,2-3H3/t9-/m0/s1. The first-order valence-corrected chi connectivity index (χ1v) is 5.27. The number of rotatable bonds is 4. The van der Waals surface area contributed by atoms with Crippen LogP contribution in [0.15, 0.2) is 23.4 Å². The molecule has 0 radical (unpaired) electrons. The summed E-state index contributed by atoms with van der Waals surface area (Å²) in [7, 11) is 2.69. The van der Waals surface area contributed by atoms with Gasteiger partial charge in [-0.3, -0.25) is 4.79 Å². The maximum atomic E-state index is 12.0. The van der Waals surface area contributed by atoms with E-state index in [0.717, 1.165) is 0 Å². The monoisotopic (exact) mass is 265 g/mol. The molecule has 0 spiro atoms. The summed E-state index contributed by atoms with van der Waals surface area (Å²) in [6.07, 6.45) is 1.62. The molecule has 0 heterocycles. The largest absolute Gasteiger partial charge is 0.396 e. The fraction of sp³-hybridized carbons (Fsp3) is 0.500. The smallest absolute Gasteiger partial charge is 0.238 e. The molecule has 0 aliphatic heterocycles. The molecular weight excluding hydrogens is 253 g/mol. The van der Waals surface area contributed by atoms with E-state index in [1.54, 1.807) is 0 Å². The summed E-state index contributed by atoms with van der Waals surface area (Å²) >= 11 is 12.1. The molecule has 0 saturated heterocycles. The Balaban J connectivity index is 3.40. The lowest BCUT2D eigenvalue weighted by Gasteiger charge is -2.38. The molecule has 0 amide bonds. The first-order valence-electron chi connectivity index (χ1n) is 4.52. The predicted octanol–water partition coefficient (Wildman–Crippen LogP) is 1.52. The van der Waals surface area contributed by atoms with Gasteiger partial charge in [-0.2, -0.15) is 0 Å². The quantitative estimate of drug-likeness (QED) is 0.476. The molecule has 6 heteroatoms. The molecule has 4 nitrogen and oxygen atoms in total. The van der Waals surface area contributed by atoms with Crippen molar-refractivity contribution < 1.29 is 14.3 Å². The highest BCUT2D eigenvalue weighted by molar-refractivity contribution is 6.53. The van der Waals surface area contributed by atoms with Gasteiger partial charge in [0.1, 0.15) is 5.03 Å². The second kappa shape index (κ2) is 4.37. The van der Waals surface area contributed by atoms with Crippen LogP contribution in [-0.2, 0) is 14.3 Å². The first-order chi connectivity index (χ1) is 7.41. The molecule has 0 aromatic rings.